The Bertz CT molecular complexity index is 1080. The normalized spacial score (nSPS) is 11.4. The fourth-order valence-corrected chi connectivity index (χ4v) is 3.21. The van der Waals surface area contributed by atoms with Gasteiger partial charge >= 0.3 is 0 Å². The Morgan fingerprint density at radius 1 is 1.00 bits per heavy atom. The van der Waals surface area contributed by atoms with Gasteiger partial charge in [-0.25, -0.2) is 0 Å². The SMILES string of the molecule is Nc1ccc(C(=O)Nc2c(O)cc(S(=O)(=O)O)c3ccccc23)cc1. The number of nitrogens with two attached hydrogens (primary N) is 1. The maximum absolute atomic E-state index is 12.4. The number of nitrogens with one attached hydrogen (secondary N) is 1. The number of phenols is 1. The Labute approximate surface area is 143 Å². The van der Waals surface area contributed by atoms with Crippen molar-refractivity contribution in [2.75, 3.05) is 11.1 Å². The zero-order valence-corrected chi connectivity index (χ0v) is 13.6. The molecule has 0 bridgehead atoms. The van der Waals surface area contributed by atoms with Crippen LogP contribution in [0.15, 0.2) is 59.5 Å². The van der Waals surface area contributed by atoms with Crippen molar-refractivity contribution in [3.8, 4) is 5.75 Å². The van der Waals surface area contributed by atoms with Crippen molar-refractivity contribution in [1.29, 1.82) is 0 Å². The van der Waals surface area contributed by atoms with E-state index in [1.807, 2.05) is 0 Å². The van der Waals surface area contributed by atoms with Crippen molar-refractivity contribution >= 4 is 38.2 Å². The molecule has 0 saturated heterocycles. The molecule has 0 atom stereocenters. The molecule has 0 aliphatic heterocycles. The smallest absolute Gasteiger partial charge is 0.295 e. The van der Waals surface area contributed by atoms with Crippen LogP contribution in [0.25, 0.3) is 10.8 Å². The van der Waals surface area contributed by atoms with Gasteiger partial charge in [0.05, 0.1) is 5.69 Å². The van der Waals surface area contributed by atoms with Crippen LogP contribution >= 0.6 is 0 Å². The van der Waals surface area contributed by atoms with Gasteiger partial charge in [-0.3, -0.25) is 9.35 Å². The lowest BCUT2D eigenvalue weighted by atomic mass is 10.1. The maximum atomic E-state index is 12.4. The zero-order valence-electron chi connectivity index (χ0n) is 12.8. The van der Waals surface area contributed by atoms with E-state index in [1.165, 1.54) is 24.3 Å². The Kier molecular flexibility index (Phi) is 4.07. The molecular formula is C17H14N2O5S. The van der Waals surface area contributed by atoms with E-state index in [9.17, 15) is 22.9 Å². The van der Waals surface area contributed by atoms with Crippen molar-refractivity contribution in [2.45, 2.75) is 4.90 Å². The van der Waals surface area contributed by atoms with Crippen LogP contribution < -0.4 is 11.1 Å². The number of hydrogen-bond donors (Lipinski definition) is 4. The van der Waals surface area contributed by atoms with Gasteiger partial charge in [0, 0.05) is 28.1 Å². The number of fused-ring (bicyclic) bond motifs is 1. The summed E-state index contributed by atoms with van der Waals surface area (Å²) >= 11 is 0. The third kappa shape index (κ3) is 3.25. The first-order valence-corrected chi connectivity index (χ1v) is 8.60. The second-order valence-electron chi connectivity index (χ2n) is 5.37. The number of anilines is 2. The van der Waals surface area contributed by atoms with Gasteiger partial charge in [-0.1, -0.05) is 24.3 Å². The predicted octanol–water partition coefficient (Wildman–Crippen LogP) is 2.63. The average Bonchev–Trinajstić information content (AvgIpc) is 2.56. The minimum atomic E-state index is -4.54. The van der Waals surface area contributed by atoms with Crippen LogP contribution in [-0.2, 0) is 10.1 Å². The minimum Gasteiger partial charge on any atom is -0.506 e. The van der Waals surface area contributed by atoms with Gasteiger partial charge in [-0.2, -0.15) is 8.42 Å². The van der Waals surface area contributed by atoms with Crippen LogP contribution in [0, 0.1) is 0 Å². The molecule has 0 spiro atoms. The molecule has 0 aromatic heterocycles. The van der Waals surface area contributed by atoms with Gasteiger partial charge in [0.1, 0.15) is 10.6 Å². The molecule has 128 valence electrons. The van der Waals surface area contributed by atoms with Gasteiger partial charge in [-0.15, -0.1) is 0 Å². The maximum Gasteiger partial charge on any atom is 0.295 e. The summed E-state index contributed by atoms with van der Waals surface area (Å²) in [6.07, 6.45) is 0. The van der Waals surface area contributed by atoms with E-state index in [2.05, 4.69) is 5.32 Å². The standard InChI is InChI=1S/C17H14N2O5S/c18-11-7-5-10(6-8-11)17(21)19-16-13-4-2-1-3-12(13)15(9-14(16)20)25(22,23)24/h1-9,20H,18H2,(H,19,21)(H,22,23,24). The van der Waals surface area contributed by atoms with Gasteiger partial charge in [0.2, 0.25) is 0 Å². The highest BCUT2D eigenvalue weighted by atomic mass is 32.2. The highest BCUT2D eigenvalue weighted by Gasteiger charge is 2.20. The van der Waals surface area contributed by atoms with Crippen LogP contribution in [-0.4, -0.2) is 24.0 Å². The largest absolute Gasteiger partial charge is 0.506 e. The number of phenolic OH excluding ortho intramolecular Hbond substituents is 1. The van der Waals surface area contributed by atoms with Crippen LogP contribution in [0.3, 0.4) is 0 Å². The number of rotatable bonds is 3. The van der Waals surface area contributed by atoms with Gasteiger partial charge in [0.25, 0.3) is 16.0 Å². The van der Waals surface area contributed by atoms with E-state index in [1.54, 1.807) is 24.3 Å². The number of amides is 1. The van der Waals surface area contributed by atoms with E-state index in [4.69, 9.17) is 5.73 Å². The topological polar surface area (TPSA) is 130 Å². The van der Waals surface area contributed by atoms with Crippen molar-refractivity contribution in [1.82, 2.24) is 0 Å². The quantitative estimate of drug-likeness (QED) is 0.323. The summed E-state index contributed by atoms with van der Waals surface area (Å²) in [5.41, 5.74) is 6.45. The average molecular weight is 358 g/mol. The van der Waals surface area contributed by atoms with E-state index in [0.29, 0.717) is 11.3 Å². The number of carbonyl (C=O) groups is 1. The lowest BCUT2D eigenvalue weighted by molar-refractivity contribution is 0.102. The second-order valence-corrected chi connectivity index (χ2v) is 6.76. The Morgan fingerprint density at radius 2 is 1.60 bits per heavy atom. The van der Waals surface area contributed by atoms with E-state index < -0.39 is 26.7 Å². The van der Waals surface area contributed by atoms with Crippen molar-refractivity contribution in [2.24, 2.45) is 0 Å². The molecule has 5 N–H and O–H groups in total. The number of carbonyl (C=O) groups excluding carboxylic acids is 1. The van der Waals surface area contributed by atoms with E-state index in [-0.39, 0.29) is 16.5 Å². The zero-order chi connectivity index (χ0) is 18.2. The summed E-state index contributed by atoms with van der Waals surface area (Å²) in [4.78, 5) is 11.9. The first-order chi connectivity index (χ1) is 11.8. The molecule has 0 fully saturated rings. The molecule has 3 rings (SSSR count). The fourth-order valence-electron chi connectivity index (χ4n) is 2.49. The first kappa shape index (κ1) is 16.7. The molecule has 0 heterocycles. The van der Waals surface area contributed by atoms with E-state index in [0.717, 1.165) is 6.07 Å². The second kappa shape index (κ2) is 6.08. The molecule has 3 aromatic carbocycles. The third-order valence-electron chi connectivity index (χ3n) is 3.68. The summed E-state index contributed by atoms with van der Waals surface area (Å²) in [7, 11) is -4.54. The monoisotopic (exact) mass is 358 g/mol. The molecule has 0 radical (unpaired) electrons. The van der Waals surface area contributed by atoms with Crippen LogP contribution in [0.1, 0.15) is 10.4 Å². The number of nitrogen functional groups attached to an aromatic ring is 1. The summed E-state index contributed by atoms with van der Waals surface area (Å²) in [6, 6.07) is 13.3. The number of benzene rings is 3. The van der Waals surface area contributed by atoms with Crippen LogP contribution in [0.5, 0.6) is 5.75 Å². The lowest BCUT2D eigenvalue weighted by Gasteiger charge is -2.13. The molecule has 7 nitrogen and oxygen atoms in total. The molecule has 0 aliphatic carbocycles. The molecule has 0 aliphatic rings. The van der Waals surface area contributed by atoms with Gasteiger partial charge in [0.15, 0.2) is 0 Å². The highest BCUT2D eigenvalue weighted by molar-refractivity contribution is 7.86. The van der Waals surface area contributed by atoms with Crippen molar-refractivity contribution in [3.63, 3.8) is 0 Å². The first-order valence-electron chi connectivity index (χ1n) is 7.16. The predicted molar refractivity (Wildman–Crippen MR) is 94.2 cm³/mol. The van der Waals surface area contributed by atoms with E-state index >= 15 is 0 Å². The van der Waals surface area contributed by atoms with Gasteiger partial charge < -0.3 is 16.2 Å². The third-order valence-corrected chi connectivity index (χ3v) is 4.57. The lowest BCUT2D eigenvalue weighted by Crippen LogP contribution is -2.13. The Hall–Kier alpha value is -3.10. The summed E-state index contributed by atoms with van der Waals surface area (Å²) in [6.45, 7) is 0. The number of aromatic hydroxyl groups is 1. The summed E-state index contributed by atoms with van der Waals surface area (Å²) in [5.74, 6) is -0.977. The summed E-state index contributed by atoms with van der Waals surface area (Å²) < 4.78 is 32.4. The van der Waals surface area contributed by atoms with Crippen molar-refractivity contribution < 1.29 is 22.9 Å². The Balaban J connectivity index is 2.13. The molecular weight excluding hydrogens is 344 g/mol. The highest BCUT2D eigenvalue weighted by Crippen LogP contribution is 2.37. The Morgan fingerprint density at radius 3 is 2.20 bits per heavy atom. The minimum absolute atomic E-state index is 0.0461. The molecule has 1 amide bonds. The molecule has 8 heteroatoms. The number of hydrogen-bond acceptors (Lipinski definition) is 5. The van der Waals surface area contributed by atoms with Gasteiger partial charge in [-0.05, 0) is 24.3 Å². The van der Waals surface area contributed by atoms with Crippen LogP contribution in [0.4, 0.5) is 11.4 Å². The molecule has 0 unspecified atom stereocenters. The van der Waals surface area contributed by atoms with Crippen molar-refractivity contribution in [3.05, 3.63) is 60.2 Å². The fraction of sp³-hybridized carbons (Fsp3) is 0. The molecule has 3 aromatic rings. The molecule has 25 heavy (non-hydrogen) atoms. The van der Waals surface area contributed by atoms with Crippen LogP contribution in [0.2, 0.25) is 0 Å². The summed E-state index contributed by atoms with van der Waals surface area (Å²) in [5, 5.41) is 13.2. The molecule has 0 saturated carbocycles.